The van der Waals surface area contributed by atoms with E-state index in [2.05, 4.69) is 38.0 Å². The van der Waals surface area contributed by atoms with Crippen molar-refractivity contribution >= 4 is 11.3 Å². The molecule has 0 amide bonds. The van der Waals surface area contributed by atoms with Crippen LogP contribution < -0.4 is 5.32 Å². The first kappa shape index (κ1) is 11.7. The third kappa shape index (κ3) is 3.07. The van der Waals surface area contributed by atoms with Gasteiger partial charge in [0.1, 0.15) is 5.01 Å². The van der Waals surface area contributed by atoms with E-state index in [9.17, 15) is 0 Å². The van der Waals surface area contributed by atoms with Crippen molar-refractivity contribution in [1.29, 1.82) is 0 Å². The molecule has 0 aliphatic carbocycles. The molecule has 3 heteroatoms. The second-order valence-electron chi connectivity index (χ2n) is 3.72. The van der Waals surface area contributed by atoms with Gasteiger partial charge in [-0.1, -0.05) is 13.8 Å². The normalized spacial score (nSPS) is 15.4. The Morgan fingerprint density at radius 3 is 2.64 bits per heavy atom. The molecule has 0 saturated heterocycles. The lowest BCUT2D eigenvalue weighted by molar-refractivity contribution is 0.468. The average molecular weight is 212 g/mol. The molecular weight excluding hydrogens is 192 g/mol. The summed E-state index contributed by atoms with van der Waals surface area (Å²) in [5, 5.41) is 4.74. The Balaban J connectivity index is 2.55. The highest BCUT2D eigenvalue weighted by Gasteiger charge is 2.11. The van der Waals surface area contributed by atoms with Gasteiger partial charge in [-0.2, -0.15) is 0 Å². The summed E-state index contributed by atoms with van der Waals surface area (Å²) >= 11 is 1.82. The standard InChI is InChI=1S/C11H20N2S/c1-5-8(3)13-9(4)11-12-7-10(6-2)14-11/h7-9,13H,5-6H2,1-4H3. The smallest absolute Gasteiger partial charge is 0.109 e. The van der Waals surface area contributed by atoms with Crippen LogP contribution in [0, 0.1) is 0 Å². The van der Waals surface area contributed by atoms with Crippen molar-refractivity contribution in [3.63, 3.8) is 0 Å². The second kappa shape index (κ2) is 5.47. The Labute approximate surface area is 90.8 Å². The number of nitrogens with zero attached hydrogens (tertiary/aromatic N) is 1. The predicted molar refractivity (Wildman–Crippen MR) is 62.8 cm³/mol. The number of thiazole rings is 1. The summed E-state index contributed by atoms with van der Waals surface area (Å²) < 4.78 is 0. The molecule has 14 heavy (non-hydrogen) atoms. The number of nitrogens with one attached hydrogen (secondary N) is 1. The molecule has 0 aromatic carbocycles. The third-order valence-corrected chi connectivity index (χ3v) is 3.76. The minimum absolute atomic E-state index is 0.384. The molecule has 2 nitrogen and oxygen atoms in total. The van der Waals surface area contributed by atoms with Crippen LogP contribution in [0.15, 0.2) is 6.20 Å². The van der Waals surface area contributed by atoms with E-state index in [0.717, 1.165) is 12.8 Å². The van der Waals surface area contributed by atoms with Crippen LogP contribution in [0.4, 0.5) is 0 Å². The molecule has 1 aromatic heterocycles. The molecule has 2 atom stereocenters. The maximum Gasteiger partial charge on any atom is 0.109 e. The molecule has 80 valence electrons. The van der Waals surface area contributed by atoms with Gasteiger partial charge in [0.15, 0.2) is 0 Å². The molecule has 1 heterocycles. The molecule has 0 aliphatic rings. The van der Waals surface area contributed by atoms with E-state index in [4.69, 9.17) is 0 Å². The van der Waals surface area contributed by atoms with Gasteiger partial charge < -0.3 is 5.32 Å². The van der Waals surface area contributed by atoms with Crippen LogP contribution >= 0.6 is 11.3 Å². The molecule has 1 aromatic rings. The third-order valence-electron chi connectivity index (χ3n) is 2.44. The molecule has 0 bridgehead atoms. The van der Waals surface area contributed by atoms with Gasteiger partial charge in [-0.3, -0.25) is 0 Å². The molecule has 1 rings (SSSR count). The van der Waals surface area contributed by atoms with E-state index in [1.54, 1.807) is 0 Å². The largest absolute Gasteiger partial charge is 0.306 e. The van der Waals surface area contributed by atoms with Gasteiger partial charge in [-0.15, -0.1) is 11.3 Å². The molecule has 0 fully saturated rings. The molecule has 0 spiro atoms. The van der Waals surface area contributed by atoms with Crippen molar-refractivity contribution in [3.8, 4) is 0 Å². The van der Waals surface area contributed by atoms with Gasteiger partial charge in [0, 0.05) is 17.1 Å². The van der Waals surface area contributed by atoms with Gasteiger partial charge in [-0.25, -0.2) is 4.98 Å². The van der Waals surface area contributed by atoms with Crippen molar-refractivity contribution in [3.05, 3.63) is 16.1 Å². The van der Waals surface area contributed by atoms with Gasteiger partial charge in [0.05, 0.1) is 6.04 Å². The van der Waals surface area contributed by atoms with Crippen LogP contribution in [0.1, 0.15) is 50.0 Å². The van der Waals surface area contributed by atoms with Crippen LogP contribution in [0.3, 0.4) is 0 Å². The van der Waals surface area contributed by atoms with Crippen LogP contribution in [-0.2, 0) is 6.42 Å². The zero-order valence-corrected chi connectivity index (χ0v) is 10.3. The highest BCUT2D eigenvalue weighted by atomic mass is 32.1. The van der Waals surface area contributed by atoms with E-state index >= 15 is 0 Å². The summed E-state index contributed by atoms with van der Waals surface area (Å²) in [4.78, 5) is 5.80. The zero-order valence-electron chi connectivity index (χ0n) is 9.50. The van der Waals surface area contributed by atoms with Crippen molar-refractivity contribution in [2.45, 2.75) is 52.6 Å². The SMILES string of the molecule is CCc1cnc(C(C)NC(C)CC)s1. The average Bonchev–Trinajstić information content (AvgIpc) is 2.65. The van der Waals surface area contributed by atoms with Crippen LogP contribution in [0.25, 0.3) is 0 Å². The minimum atomic E-state index is 0.384. The molecule has 1 N–H and O–H groups in total. The first-order valence-corrected chi connectivity index (χ1v) is 6.19. The fraction of sp³-hybridized carbons (Fsp3) is 0.727. The van der Waals surface area contributed by atoms with Gasteiger partial charge in [0.25, 0.3) is 0 Å². The van der Waals surface area contributed by atoms with E-state index < -0.39 is 0 Å². The van der Waals surface area contributed by atoms with Crippen LogP contribution in [0.5, 0.6) is 0 Å². The number of rotatable bonds is 5. The van der Waals surface area contributed by atoms with Crippen molar-refractivity contribution in [2.24, 2.45) is 0 Å². The molecular formula is C11H20N2S. The van der Waals surface area contributed by atoms with Crippen molar-refractivity contribution in [2.75, 3.05) is 0 Å². The molecule has 0 aliphatic heterocycles. The Bertz CT molecular complexity index is 270. The monoisotopic (exact) mass is 212 g/mol. The number of aromatic nitrogens is 1. The van der Waals surface area contributed by atoms with E-state index in [1.807, 2.05) is 17.5 Å². The fourth-order valence-corrected chi connectivity index (χ4v) is 2.17. The van der Waals surface area contributed by atoms with Crippen molar-refractivity contribution < 1.29 is 0 Å². The van der Waals surface area contributed by atoms with Gasteiger partial charge >= 0.3 is 0 Å². The highest BCUT2D eigenvalue weighted by molar-refractivity contribution is 7.11. The van der Waals surface area contributed by atoms with Crippen LogP contribution in [-0.4, -0.2) is 11.0 Å². The first-order valence-electron chi connectivity index (χ1n) is 5.38. The zero-order chi connectivity index (χ0) is 10.6. The van der Waals surface area contributed by atoms with Crippen LogP contribution in [0.2, 0.25) is 0 Å². The summed E-state index contributed by atoms with van der Waals surface area (Å²) in [5.74, 6) is 0. The number of hydrogen-bond donors (Lipinski definition) is 1. The number of aryl methyl sites for hydroxylation is 1. The second-order valence-corrected chi connectivity index (χ2v) is 4.86. The Morgan fingerprint density at radius 1 is 1.43 bits per heavy atom. The van der Waals surface area contributed by atoms with E-state index in [1.165, 1.54) is 9.88 Å². The Kier molecular flexibility index (Phi) is 4.55. The maximum atomic E-state index is 4.43. The molecule has 2 unspecified atom stereocenters. The van der Waals surface area contributed by atoms with Gasteiger partial charge in [-0.05, 0) is 26.7 Å². The number of hydrogen-bond acceptors (Lipinski definition) is 3. The van der Waals surface area contributed by atoms with Gasteiger partial charge in [0.2, 0.25) is 0 Å². The highest BCUT2D eigenvalue weighted by Crippen LogP contribution is 2.20. The Hall–Kier alpha value is -0.410. The first-order chi connectivity index (χ1) is 6.67. The van der Waals surface area contributed by atoms with E-state index in [0.29, 0.717) is 12.1 Å². The summed E-state index contributed by atoms with van der Waals surface area (Å²) in [6, 6.07) is 0.953. The topological polar surface area (TPSA) is 24.9 Å². The summed E-state index contributed by atoms with van der Waals surface area (Å²) in [6.45, 7) is 8.77. The summed E-state index contributed by atoms with van der Waals surface area (Å²) in [5.41, 5.74) is 0. The lowest BCUT2D eigenvalue weighted by Crippen LogP contribution is -2.28. The lowest BCUT2D eigenvalue weighted by Gasteiger charge is -2.16. The minimum Gasteiger partial charge on any atom is -0.306 e. The fourth-order valence-electron chi connectivity index (χ4n) is 1.30. The van der Waals surface area contributed by atoms with Crippen molar-refractivity contribution in [1.82, 2.24) is 10.3 Å². The predicted octanol–water partition coefficient (Wildman–Crippen LogP) is 3.15. The quantitative estimate of drug-likeness (QED) is 0.811. The molecule has 0 saturated carbocycles. The lowest BCUT2D eigenvalue weighted by atomic mass is 10.2. The van der Waals surface area contributed by atoms with E-state index in [-0.39, 0.29) is 0 Å². The Morgan fingerprint density at radius 2 is 2.14 bits per heavy atom. The summed E-state index contributed by atoms with van der Waals surface area (Å²) in [6.07, 6.45) is 4.25. The summed E-state index contributed by atoms with van der Waals surface area (Å²) in [7, 11) is 0. The maximum absolute atomic E-state index is 4.43. The molecule has 0 radical (unpaired) electrons.